The van der Waals surface area contributed by atoms with E-state index in [1.54, 1.807) is 0 Å². The summed E-state index contributed by atoms with van der Waals surface area (Å²) in [6.45, 7) is 2.20. The Morgan fingerprint density at radius 2 is 1.02 bits per heavy atom. The smallest absolute Gasteiger partial charge is 0.462 e. The van der Waals surface area contributed by atoms with Gasteiger partial charge in [-0.1, -0.05) is 132 Å². The number of phosphoric acid groups is 1. The monoisotopic (exact) mass is 783 g/mol. The van der Waals surface area contributed by atoms with Crippen molar-refractivity contribution in [1.29, 1.82) is 0 Å². The van der Waals surface area contributed by atoms with Crippen LogP contribution in [-0.4, -0.2) is 65.7 Å². The molecule has 0 radical (unpaired) electrons. The predicted octanol–water partition coefficient (Wildman–Crippen LogP) is 10.7. The molecule has 0 aromatic heterocycles. The first-order valence-electron chi connectivity index (χ1n) is 20.7. The summed E-state index contributed by atoms with van der Waals surface area (Å²) in [5, 5.41) is 18.3. The zero-order valence-electron chi connectivity index (χ0n) is 33.7. The highest BCUT2D eigenvalue weighted by atomic mass is 31.2. The van der Waals surface area contributed by atoms with E-state index in [1.165, 1.54) is 32.1 Å². The second-order valence-corrected chi connectivity index (χ2v) is 15.1. The number of carbonyl (C=O) groups is 2. The fraction of sp³-hybridized carbons (Fsp3) is 0.721. The Hall–Kier alpha value is -2.33. The summed E-state index contributed by atoms with van der Waals surface area (Å²) in [5.74, 6) is -0.965. The van der Waals surface area contributed by atoms with Gasteiger partial charge < -0.3 is 24.6 Å². The maximum absolute atomic E-state index is 12.6. The Morgan fingerprint density at radius 3 is 1.54 bits per heavy atom. The van der Waals surface area contributed by atoms with Gasteiger partial charge in [0.05, 0.1) is 19.8 Å². The third-order valence-electron chi connectivity index (χ3n) is 8.41. The Kier molecular flexibility index (Phi) is 37.2. The average molecular weight is 783 g/mol. The SMILES string of the molecule is CC/C=C\C/C=C\C/C=C\CCCCCCCC(=O)OC(COC(=O)CCCCCCC/C=C\C/C=C\CCCCCC)COP(=O)(O)OCC(O)CO. The van der Waals surface area contributed by atoms with E-state index in [0.29, 0.717) is 12.8 Å². The number of allylic oxidation sites excluding steroid dienone is 10. The van der Waals surface area contributed by atoms with Gasteiger partial charge in [0.15, 0.2) is 6.10 Å². The molecule has 0 rings (SSSR count). The number of unbranched alkanes of at least 4 members (excludes halogenated alkanes) is 14. The molecule has 0 saturated carbocycles. The van der Waals surface area contributed by atoms with Crippen molar-refractivity contribution in [2.24, 2.45) is 0 Å². The van der Waals surface area contributed by atoms with Crippen molar-refractivity contribution in [2.75, 3.05) is 26.4 Å². The van der Waals surface area contributed by atoms with Crippen LogP contribution in [0.4, 0.5) is 0 Å². The van der Waals surface area contributed by atoms with E-state index >= 15 is 0 Å². The van der Waals surface area contributed by atoms with Gasteiger partial charge in [0.2, 0.25) is 0 Å². The first-order chi connectivity index (χ1) is 26.2. The van der Waals surface area contributed by atoms with Gasteiger partial charge >= 0.3 is 19.8 Å². The molecule has 0 aliphatic rings. The molecule has 312 valence electrons. The summed E-state index contributed by atoms with van der Waals surface area (Å²) < 4.78 is 32.6. The molecule has 0 aromatic carbocycles. The summed E-state index contributed by atoms with van der Waals surface area (Å²) in [4.78, 5) is 34.9. The lowest BCUT2D eigenvalue weighted by molar-refractivity contribution is -0.161. The van der Waals surface area contributed by atoms with E-state index in [1.807, 2.05) is 0 Å². The molecular formula is C43H75O10P. The van der Waals surface area contributed by atoms with Crippen molar-refractivity contribution in [3.63, 3.8) is 0 Å². The van der Waals surface area contributed by atoms with Crippen LogP contribution in [0.1, 0.15) is 162 Å². The largest absolute Gasteiger partial charge is 0.472 e. The van der Waals surface area contributed by atoms with Crippen molar-refractivity contribution in [1.82, 2.24) is 0 Å². The number of rotatable bonds is 38. The van der Waals surface area contributed by atoms with Gasteiger partial charge in [-0.2, -0.15) is 0 Å². The van der Waals surface area contributed by atoms with Crippen LogP contribution in [0.25, 0.3) is 0 Å². The molecular weight excluding hydrogens is 707 g/mol. The molecule has 3 N–H and O–H groups in total. The molecule has 0 aliphatic carbocycles. The molecule has 0 saturated heterocycles. The van der Waals surface area contributed by atoms with Crippen molar-refractivity contribution in [2.45, 2.75) is 174 Å². The van der Waals surface area contributed by atoms with Gasteiger partial charge in [-0.15, -0.1) is 0 Å². The van der Waals surface area contributed by atoms with E-state index < -0.39 is 51.8 Å². The van der Waals surface area contributed by atoms with Gasteiger partial charge in [-0.25, -0.2) is 4.57 Å². The van der Waals surface area contributed by atoms with Crippen molar-refractivity contribution in [3.05, 3.63) is 60.8 Å². The lowest BCUT2D eigenvalue weighted by Crippen LogP contribution is -2.29. The summed E-state index contributed by atoms with van der Waals surface area (Å²) in [6.07, 6.45) is 41.8. The van der Waals surface area contributed by atoms with Gasteiger partial charge in [0.25, 0.3) is 0 Å². The zero-order valence-corrected chi connectivity index (χ0v) is 34.6. The molecule has 0 aromatic rings. The molecule has 0 aliphatic heterocycles. The average Bonchev–Trinajstić information content (AvgIpc) is 3.16. The fourth-order valence-corrected chi connectivity index (χ4v) is 6.00. The molecule has 3 unspecified atom stereocenters. The van der Waals surface area contributed by atoms with E-state index in [4.69, 9.17) is 19.1 Å². The number of carbonyl (C=O) groups excluding carboxylic acids is 2. The standard InChI is InChI=1S/C43H75O10P/c1-3-5-7-9-11-13-15-17-19-21-22-24-26-28-30-32-34-42(46)50-38-41(39-52-54(48,49)51-37-40(45)36-44)53-43(47)35-33-31-29-27-25-23-20-18-16-14-12-10-8-6-4-2/h6,8,12-15,18-21,40-41,44-45H,3-5,7,9-11,16-17,22-39H2,1-2H3,(H,48,49)/b8-6-,14-12-,15-13-,20-18-,21-19-. The fourth-order valence-electron chi connectivity index (χ4n) is 5.21. The summed E-state index contributed by atoms with van der Waals surface area (Å²) in [7, 11) is -4.63. The Bertz CT molecular complexity index is 1080. The maximum Gasteiger partial charge on any atom is 0.472 e. The van der Waals surface area contributed by atoms with Crippen LogP contribution in [-0.2, 0) is 32.7 Å². The number of phosphoric ester groups is 1. The second-order valence-electron chi connectivity index (χ2n) is 13.6. The van der Waals surface area contributed by atoms with Gasteiger partial charge in [0, 0.05) is 12.8 Å². The zero-order chi connectivity index (χ0) is 39.8. The summed E-state index contributed by atoms with van der Waals surface area (Å²) in [5.41, 5.74) is 0. The second kappa shape index (κ2) is 38.9. The quantitative estimate of drug-likeness (QED) is 0.0239. The third kappa shape index (κ3) is 38.0. The number of esters is 2. The minimum absolute atomic E-state index is 0.159. The lowest BCUT2D eigenvalue weighted by atomic mass is 10.1. The third-order valence-corrected chi connectivity index (χ3v) is 9.36. The number of aliphatic hydroxyl groups is 2. The predicted molar refractivity (Wildman–Crippen MR) is 219 cm³/mol. The van der Waals surface area contributed by atoms with Gasteiger partial charge in [-0.3, -0.25) is 18.6 Å². The lowest BCUT2D eigenvalue weighted by Gasteiger charge is -2.20. The summed E-state index contributed by atoms with van der Waals surface area (Å²) >= 11 is 0. The van der Waals surface area contributed by atoms with Crippen molar-refractivity contribution < 1.29 is 47.8 Å². The first kappa shape index (κ1) is 51.7. The van der Waals surface area contributed by atoms with Crippen LogP contribution in [0.2, 0.25) is 0 Å². The van der Waals surface area contributed by atoms with Gasteiger partial charge in [-0.05, 0) is 77.0 Å². The topological polar surface area (TPSA) is 149 Å². The Balaban J connectivity index is 4.38. The maximum atomic E-state index is 12.6. The minimum Gasteiger partial charge on any atom is -0.462 e. The molecule has 54 heavy (non-hydrogen) atoms. The van der Waals surface area contributed by atoms with Crippen molar-refractivity contribution in [3.8, 4) is 0 Å². The summed E-state index contributed by atoms with van der Waals surface area (Å²) in [6, 6.07) is 0. The molecule has 3 atom stereocenters. The van der Waals surface area contributed by atoms with E-state index in [2.05, 4.69) is 79.1 Å². The number of ether oxygens (including phenoxy) is 2. The molecule has 10 nitrogen and oxygen atoms in total. The van der Waals surface area contributed by atoms with Crippen LogP contribution in [0.3, 0.4) is 0 Å². The van der Waals surface area contributed by atoms with E-state index in [-0.39, 0.29) is 19.4 Å². The molecule has 0 spiro atoms. The Morgan fingerprint density at radius 1 is 0.574 bits per heavy atom. The molecule has 0 heterocycles. The van der Waals surface area contributed by atoms with Crippen LogP contribution in [0.15, 0.2) is 60.8 Å². The van der Waals surface area contributed by atoms with E-state index in [9.17, 15) is 24.2 Å². The number of aliphatic hydroxyl groups excluding tert-OH is 2. The van der Waals surface area contributed by atoms with Crippen LogP contribution in [0.5, 0.6) is 0 Å². The van der Waals surface area contributed by atoms with Crippen LogP contribution < -0.4 is 0 Å². The normalized spacial score (nSPS) is 14.5. The van der Waals surface area contributed by atoms with Gasteiger partial charge in [0.1, 0.15) is 12.7 Å². The van der Waals surface area contributed by atoms with Crippen LogP contribution >= 0.6 is 7.82 Å². The molecule has 0 bridgehead atoms. The first-order valence-corrected chi connectivity index (χ1v) is 22.2. The molecule has 0 fully saturated rings. The van der Waals surface area contributed by atoms with Crippen molar-refractivity contribution >= 4 is 19.8 Å². The molecule has 0 amide bonds. The molecule has 11 heteroatoms. The minimum atomic E-state index is -4.63. The highest BCUT2D eigenvalue weighted by Crippen LogP contribution is 2.43. The number of hydrogen-bond donors (Lipinski definition) is 3. The highest BCUT2D eigenvalue weighted by molar-refractivity contribution is 7.47. The Labute approximate surface area is 327 Å². The van der Waals surface area contributed by atoms with Crippen LogP contribution in [0, 0.1) is 0 Å². The van der Waals surface area contributed by atoms with E-state index in [0.717, 1.165) is 89.9 Å². The number of hydrogen-bond acceptors (Lipinski definition) is 9. The highest BCUT2D eigenvalue weighted by Gasteiger charge is 2.27.